The van der Waals surface area contributed by atoms with Gasteiger partial charge < -0.3 is 24.6 Å². The molecule has 1 unspecified atom stereocenters. The van der Waals surface area contributed by atoms with Gasteiger partial charge >= 0.3 is 0 Å². The Bertz CT molecular complexity index is 389. The number of hydrogen-bond acceptors (Lipinski definition) is 5. The number of anilines is 1. The van der Waals surface area contributed by atoms with Crippen molar-refractivity contribution in [3.05, 3.63) is 23.2 Å². The lowest BCUT2D eigenvalue weighted by atomic mass is 10.3. The van der Waals surface area contributed by atoms with Gasteiger partial charge in [-0.3, -0.25) is 0 Å². The van der Waals surface area contributed by atoms with E-state index in [0.29, 0.717) is 37.1 Å². The second kappa shape index (κ2) is 9.83. The Balaban J connectivity index is 2.23. The highest BCUT2D eigenvalue weighted by molar-refractivity contribution is 6.32. The summed E-state index contributed by atoms with van der Waals surface area (Å²) in [5.41, 5.74) is 0.823. The Hall–Kier alpha value is -1.01. The Morgan fingerprint density at radius 3 is 2.70 bits per heavy atom. The number of nitrogens with one attached hydrogen (secondary N) is 1. The molecule has 1 atom stereocenters. The van der Waals surface area contributed by atoms with Crippen molar-refractivity contribution < 1.29 is 19.3 Å². The number of rotatable bonds is 10. The molecule has 0 saturated heterocycles. The fourth-order valence-electron chi connectivity index (χ4n) is 1.55. The highest BCUT2D eigenvalue weighted by Crippen LogP contribution is 2.27. The molecule has 0 aliphatic rings. The molecule has 0 aromatic heterocycles. The first kappa shape index (κ1) is 17.0. The maximum atomic E-state index is 9.75. The lowest BCUT2D eigenvalue weighted by Gasteiger charge is -2.14. The van der Waals surface area contributed by atoms with E-state index in [4.69, 9.17) is 25.8 Å². The molecule has 0 radical (unpaired) electrons. The van der Waals surface area contributed by atoms with Gasteiger partial charge in [0, 0.05) is 18.8 Å². The third-order valence-corrected chi connectivity index (χ3v) is 2.88. The number of aliphatic hydroxyl groups excluding tert-OH is 1. The first-order valence-electron chi connectivity index (χ1n) is 6.58. The van der Waals surface area contributed by atoms with Gasteiger partial charge in [-0.2, -0.15) is 0 Å². The number of benzene rings is 1. The van der Waals surface area contributed by atoms with E-state index < -0.39 is 6.10 Å². The van der Waals surface area contributed by atoms with Crippen molar-refractivity contribution in [2.24, 2.45) is 0 Å². The second-order valence-electron chi connectivity index (χ2n) is 4.16. The second-order valence-corrected chi connectivity index (χ2v) is 4.56. The fourth-order valence-corrected chi connectivity index (χ4v) is 1.81. The summed E-state index contributed by atoms with van der Waals surface area (Å²) in [6, 6.07) is 5.37. The third kappa shape index (κ3) is 6.43. The standard InChI is InChI=1S/C14H22ClNO4/c1-3-19-6-7-20-10-12(17)9-16-11-4-5-14(18-2)13(15)8-11/h4-5,8,12,16-17H,3,6-7,9-10H2,1-2H3. The average molecular weight is 304 g/mol. The number of aliphatic hydroxyl groups is 1. The van der Waals surface area contributed by atoms with Gasteiger partial charge in [0.15, 0.2) is 0 Å². The first-order chi connectivity index (χ1) is 9.67. The number of methoxy groups -OCH3 is 1. The molecular weight excluding hydrogens is 282 g/mol. The molecule has 114 valence electrons. The Morgan fingerprint density at radius 2 is 2.05 bits per heavy atom. The number of hydrogen-bond donors (Lipinski definition) is 2. The van der Waals surface area contributed by atoms with Crippen molar-refractivity contribution in [2.75, 3.05) is 45.4 Å². The van der Waals surface area contributed by atoms with Gasteiger partial charge in [-0.05, 0) is 25.1 Å². The Labute approximate surface area is 124 Å². The molecule has 1 aromatic rings. The van der Waals surface area contributed by atoms with Crippen LogP contribution >= 0.6 is 11.6 Å². The van der Waals surface area contributed by atoms with Crippen LogP contribution in [0.3, 0.4) is 0 Å². The van der Waals surface area contributed by atoms with E-state index in [9.17, 15) is 5.11 Å². The molecule has 5 nitrogen and oxygen atoms in total. The topological polar surface area (TPSA) is 60.0 Å². The Morgan fingerprint density at radius 1 is 1.30 bits per heavy atom. The van der Waals surface area contributed by atoms with Gasteiger partial charge in [-0.1, -0.05) is 11.6 Å². The van der Waals surface area contributed by atoms with E-state index in [-0.39, 0.29) is 6.61 Å². The number of halogens is 1. The maximum absolute atomic E-state index is 9.75. The van der Waals surface area contributed by atoms with Crippen LogP contribution in [0.15, 0.2) is 18.2 Å². The summed E-state index contributed by atoms with van der Waals surface area (Å²) in [5, 5.41) is 13.4. The van der Waals surface area contributed by atoms with Crippen molar-refractivity contribution in [3.63, 3.8) is 0 Å². The lowest BCUT2D eigenvalue weighted by molar-refractivity contribution is 0.0103. The summed E-state index contributed by atoms with van der Waals surface area (Å²) >= 11 is 6.01. The van der Waals surface area contributed by atoms with E-state index in [1.807, 2.05) is 13.0 Å². The van der Waals surface area contributed by atoms with Crippen molar-refractivity contribution in [3.8, 4) is 5.75 Å². The molecule has 0 amide bonds. The third-order valence-electron chi connectivity index (χ3n) is 2.58. The molecule has 0 aliphatic carbocycles. The van der Waals surface area contributed by atoms with Crippen LogP contribution in [0.2, 0.25) is 5.02 Å². The van der Waals surface area contributed by atoms with Crippen LogP contribution in [-0.4, -0.2) is 51.3 Å². The van der Waals surface area contributed by atoms with Gasteiger partial charge in [-0.25, -0.2) is 0 Å². The smallest absolute Gasteiger partial charge is 0.137 e. The van der Waals surface area contributed by atoms with Crippen LogP contribution in [0.25, 0.3) is 0 Å². The molecule has 0 bridgehead atoms. The average Bonchev–Trinajstić information content (AvgIpc) is 2.45. The zero-order chi connectivity index (χ0) is 14.8. The van der Waals surface area contributed by atoms with Crippen LogP contribution in [0.4, 0.5) is 5.69 Å². The monoisotopic (exact) mass is 303 g/mol. The molecule has 6 heteroatoms. The molecule has 1 rings (SSSR count). The highest BCUT2D eigenvalue weighted by atomic mass is 35.5. The highest BCUT2D eigenvalue weighted by Gasteiger charge is 2.06. The maximum Gasteiger partial charge on any atom is 0.137 e. The summed E-state index contributed by atoms with van der Waals surface area (Å²) in [5.74, 6) is 0.622. The molecule has 2 N–H and O–H groups in total. The molecule has 0 aliphatic heterocycles. The van der Waals surface area contributed by atoms with Crippen LogP contribution in [0.1, 0.15) is 6.92 Å². The van der Waals surface area contributed by atoms with E-state index >= 15 is 0 Å². The van der Waals surface area contributed by atoms with Crippen LogP contribution in [-0.2, 0) is 9.47 Å². The quantitative estimate of drug-likeness (QED) is 0.649. The van der Waals surface area contributed by atoms with Crippen LogP contribution < -0.4 is 10.1 Å². The number of ether oxygens (including phenoxy) is 3. The SMILES string of the molecule is CCOCCOCC(O)CNc1ccc(OC)c(Cl)c1. The van der Waals surface area contributed by atoms with Gasteiger partial charge in [0.05, 0.1) is 38.1 Å². The van der Waals surface area contributed by atoms with E-state index in [2.05, 4.69) is 5.32 Å². The predicted octanol–water partition coefficient (Wildman–Crippen LogP) is 2.17. The zero-order valence-electron chi connectivity index (χ0n) is 11.9. The largest absolute Gasteiger partial charge is 0.495 e. The van der Waals surface area contributed by atoms with E-state index in [1.54, 1.807) is 19.2 Å². The Kier molecular flexibility index (Phi) is 8.37. The van der Waals surface area contributed by atoms with Gasteiger partial charge in [0.1, 0.15) is 5.75 Å². The molecular formula is C14H22ClNO4. The van der Waals surface area contributed by atoms with E-state index in [1.165, 1.54) is 0 Å². The molecule has 0 spiro atoms. The zero-order valence-corrected chi connectivity index (χ0v) is 12.7. The minimum Gasteiger partial charge on any atom is -0.495 e. The minimum absolute atomic E-state index is 0.268. The van der Waals surface area contributed by atoms with Crippen molar-refractivity contribution in [1.29, 1.82) is 0 Å². The molecule has 0 saturated carbocycles. The summed E-state index contributed by atoms with van der Waals surface area (Å²) < 4.78 is 15.5. The predicted molar refractivity (Wildman–Crippen MR) is 79.8 cm³/mol. The molecule has 0 fully saturated rings. The van der Waals surface area contributed by atoms with E-state index in [0.717, 1.165) is 5.69 Å². The summed E-state index contributed by atoms with van der Waals surface area (Å²) in [7, 11) is 1.57. The van der Waals surface area contributed by atoms with Crippen LogP contribution in [0.5, 0.6) is 5.75 Å². The summed E-state index contributed by atoms with van der Waals surface area (Å²) in [6.07, 6.45) is -0.586. The van der Waals surface area contributed by atoms with Crippen molar-refractivity contribution in [2.45, 2.75) is 13.0 Å². The fraction of sp³-hybridized carbons (Fsp3) is 0.571. The lowest BCUT2D eigenvalue weighted by Crippen LogP contribution is -2.25. The summed E-state index contributed by atoms with van der Waals surface area (Å²) in [6.45, 7) is 4.29. The molecule has 0 heterocycles. The van der Waals surface area contributed by atoms with Crippen LogP contribution in [0, 0.1) is 0 Å². The van der Waals surface area contributed by atoms with Gasteiger partial charge in [0.2, 0.25) is 0 Å². The molecule has 20 heavy (non-hydrogen) atoms. The summed E-state index contributed by atoms with van der Waals surface area (Å²) in [4.78, 5) is 0. The molecule has 1 aromatic carbocycles. The van der Waals surface area contributed by atoms with Gasteiger partial charge in [0.25, 0.3) is 0 Å². The van der Waals surface area contributed by atoms with Crippen molar-refractivity contribution in [1.82, 2.24) is 0 Å². The first-order valence-corrected chi connectivity index (χ1v) is 6.96. The minimum atomic E-state index is -0.586. The van der Waals surface area contributed by atoms with Crippen molar-refractivity contribution >= 4 is 17.3 Å². The van der Waals surface area contributed by atoms with Gasteiger partial charge in [-0.15, -0.1) is 0 Å². The normalized spacial score (nSPS) is 12.2.